The number of nitrogens with zero attached hydrogens (tertiary/aromatic N) is 2. The molecule has 0 radical (unpaired) electrons. The number of carbonyl (C=O) groups excluding carboxylic acids is 1. The molecule has 2 aromatic carbocycles. The van der Waals surface area contributed by atoms with E-state index >= 15 is 0 Å². The van der Waals surface area contributed by atoms with E-state index in [1.54, 1.807) is 12.3 Å². The lowest BCUT2D eigenvalue weighted by molar-refractivity contribution is 0.103. The number of para-hydroxylation sites is 1. The fourth-order valence-corrected chi connectivity index (χ4v) is 5.38. The molecule has 1 aromatic heterocycles. The lowest BCUT2D eigenvalue weighted by Gasteiger charge is -2.29. The average Bonchev–Trinajstić information content (AvgIpc) is 3.25. The Labute approximate surface area is 211 Å². The van der Waals surface area contributed by atoms with Gasteiger partial charge in [-0.15, -0.1) is 0 Å². The van der Waals surface area contributed by atoms with Crippen LogP contribution in [0.15, 0.2) is 42.6 Å². The molecule has 0 bridgehead atoms. The number of unbranched alkanes of at least 4 members (excludes halogenated alkanes) is 1. The molecule has 32 heavy (non-hydrogen) atoms. The summed E-state index contributed by atoms with van der Waals surface area (Å²) in [6.45, 7) is 5.24. The molecule has 0 saturated heterocycles. The Kier molecular flexibility index (Phi) is 8.04. The molecule has 0 unspecified atom stereocenters. The van der Waals surface area contributed by atoms with Crippen LogP contribution in [-0.4, -0.2) is 33.3 Å². The number of benzene rings is 2. The van der Waals surface area contributed by atoms with Crippen molar-refractivity contribution in [3.8, 4) is 0 Å². The minimum atomic E-state index is -0.208. The van der Waals surface area contributed by atoms with E-state index in [2.05, 4.69) is 61.3 Å². The summed E-state index contributed by atoms with van der Waals surface area (Å²) in [6.07, 6.45) is 5.23. The number of aryl methyl sites for hydroxylation is 1. The predicted octanol–water partition coefficient (Wildman–Crippen LogP) is 6.67. The Hall–Kier alpha value is -1.68. The minimum absolute atomic E-state index is 0.208. The summed E-state index contributed by atoms with van der Waals surface area (Å²) in [4.78, 5) is 20.1. The number of anilines is 3. The monoisotopic (exact) mass is 580 g/mol. The summed E-state index contributed by atoms with van der Waals surface area (Å²) in [5.74, 6) is -0.208. The van der Waals surface area contributed by atoms with Crippen molar-refractivity contribution in [1.29, 1.82) is 0 Å². The van der Waals surface area contributed by atoms with Gasteiger partial charge in [0, 0.05) is 18.8 Å². The van der Waals surface area contributed by atoms with Crippen LogP contribution >= 0.6 is 45.5 Å². The van der Waals surface area contributed by atoms with E-state index < -0.39 is 0 Å². The van der Waals surface area contributed by atoms with Crippen LogP contribution in [0, 0.1) is 6.92 Å². The first-order valence-corrected chi connectivity index (χ1v) is 13.4. The van der Waals surface area contributed by atoms with Crippen molar-refractivity contribution in [3.63, 3.8) is 0 Å². The molecule has 0 fully saturated rings. The molecule has 1 aliphatic heterocycles. The summed E-state index contributed by atoms with van der Waals surface area (Å²) >= 11 is 10.0. The number of fused-ring (bicyclic) bond motifs is 1. The third kappa shape index (κ3) is 5.81. The van der Waals surface area contributed by atoms with Crippen LogP contribution < -0.4 is 10.6 Å². The van der Waals surface area contributed by atoms with Crippen LogP contribution in [0.2, 0.25) is 5.02 Å². The molecule has 3 aromatic rings. The highest BCUT2D eigenvalue weighted by atomic mass is 127. The number of hydrogen-bond donors (Lipinski definition) is 2. The Morgan fingerprint density at radius 2 is 2.12 bits per heavy atom. The number of thiazole rings is 1. The quantitative estimate of drug-likeness (QED) is 0.177. The lowest BCUT2D eigenvalue weighted by atomic mass is 9.99. The summed E-state index contributed by atoms with van der Waals surface area (Å²) in [5.41, 5.74) is 5.37. The van der Waals surface area contributed by atoms with Gasteiger partial charge >= 0.3 is 0 Å². The van der Waals surface area contributed by atoms with Crippen LogP contribution in [0.5, 0.6) is 0 Å². The number of halogens is 2. The Balaban J connectivity index is 1.38. The normalized spacial score (nSPS) is 13.6. The van der Waals surface area contributed by atoms with Crippen LogP contribution in [0.3, 0.4) is 0 Å². The maximum Gasteiger partial charge on any atom is 0.267 e. The van der Waals surface area contributed by atoms with Crippen LogP contribution in [-0.2, 0) is 13.0 Å². The fourth-order valence-electron chi connectivity index (χ4n) is 3.84. The molecule has 0 atom stereocenters. The molecule has 4 rings (SSSR count). The topological polar surface area (TPSA) is 57.3 Å². The van der Waals surface area contributed by atoms with Crippen molar-refractivity contribution in [2.24, 2.45) is 0 Å². The van der Waals surface area contributed by atoms with E-state index in [9.17, 15) is 4.79 Å². The van der Waals surface area contributed by atoms with Gasteiger partial charge in [0.05, 0.1) is 16.9 Å². The standard InChI is InChI=1S/C24H26ClIN4OS/c1-16-5-4-6-20(25)22(16)29-23(31)21-14-27-24(32-21)28-19-8-7-18-15-30(11-3-2-10-26)12-9-17(18)13-19/h4-8,13-14H,2-3,9-12,15H2,1H3,(H,27,28)(H,29,31). The van der Waals surface area contributed by atoms with Gasteiger partial charge in [-0.25, -0.2) is 4.98 Å². The van der Waals surface area contributed by atoms with Gasteiger partial charge in [-0.3, -0.25) is 9.69 Å². The van der Waals surface area contributed by atoms with Crippen molar-refractivity contribution in [2.75, 3.05) is 28.2 Å². The third-order valence-corrected chi connectivity index (χ3v) is 7.59. The maximum atomic E-state index is 12.7. The number of amides is 1. The van der Waals surface area contributed by atoms with Crippen LogP contribution in [0.4, 0.5) is 16.5 Å². The van der Waals surface area contributed by atoms with Gasteiger partial charge in [-0.05, 0) is 72.0 Å². The molecule has 1 amide bonds. The second-order valence-electron chi connectivity index (χ2n) is 7.95. The number of alkyl halides is 1. The van der Waals surface area contributed by atoms with Gasteiger partial charge in [-0.2, -0.15) is 0 Å². The number of aromatic nitrogens is 1. The highest BCUT2D eigenvalue weighted by Crippen LogP contribution is 2.29. The molecular formula is C24H26ClIN4OS. The van der Waals surface area contributed by atoms with E-state index in [0.717, 1.165) is 30.8 Å². The van der Waals surface area contributed by atoms with Crippen molar-refractivity contribution in [1.82, 2.24) is 9.88 Å². The van der Waals surface area contributed by atoms with Gasteiger partial charge in [0.1, 0.15) is 4.88 Å². The first kappa shape index (κ1) is 23.5. The van der Waals surface area contributed by atoms with E-state index in [0.29, 0.717) is 20.7 Å². The molecule has 5 nitrogen and oxygen atoms in total. The maximum absolute atomic E-state index is 12.7. The first-order chi connectivity index (χ1) is 15.5. The number of hydrogen-bond acceptors (Lipinski definition) is 5. The van der Waals surface area contributed by atoms with Crippen molar-refractivity contribution in [3.05, 3.63) is 69.2 Å². The largest absolute Gasteiger partial charge is 0.332 e. The number of carbonyl (C=O) groups is 1. The summed E-state index contributed by atoms with van der Waals surface area (Å²) in [5, 5.41) is 7.48. The zero-order chi connectivity index (χ0) is 22.5. The minimum Gasteiger partial charge on any atom is -0.332 e. The van der Waals surface area contributed by atoms with Crippen molar-refractivity contribution >= 4 is 67.9 Å². The number of nitrogens with one attached hydrogen (secondary N) is 2. The van der Waals surface area contributed by atoms with Crippen molar-refractivity contribution in [2.45, 2.75) is 32.7 Å². The smallest absolute Gasteiger partial charge is 0.267 e. The third-order valence-electron chi connectivity index (χ3n) is 5.60. The molecule has 0 saturated carbocycles. The Morgan fingerprint density at radius 3 is 2.94 bits per heavy atom. The number of rotatable bonds is 8. The van der Waals surface area contributed by atoms with Gasteiger partial charge in [0.15, 0.2) is 5.13 Å². The second kappa shape index (κ2) is 11.0. The van der Waals surface area contributed by atoms with E-state index in [1.165, 1.54) is 46.3 Å². The molecular weight excluding hydrogens is 555 g/mol. The predicted molar refractivity (Wildman–Crippen MR) is 143 cm³/mol. The molecule has 2 heterocycles. The molecule has 2 N–H and O–H groups in total. The first-order valence-electron chi connectivity index (χ1n) is 10.7. The van der Waals surface area contributed by atoms with E-state index in [4.69, 9.17) is 11.6 Å². The zero-order valence-corrected chi connectivity index (χ0v) is 21.7. The molecule has 0 spiro atoms. The van der Waals surface area contributed by atoms with E-state index in [-0.39, 0.29) is 5.91 Å². The SMILES string of the molecule is Cc1cccc(Cl)c1NC(=O)c1cnc(Nc2ccc3c(c2)CCN(CCCCI)C3)s1. The fraction of sp³-hybridized carbons (Fsp3) is 0.333. The Bertz CT molecular complexity index is 1080. The molecule has 8 heteroatoms. The van der Waals surface area contributed by atoms with Gasteiger partial charge in [0.25, 0.3) is 5.91 Å². The van der Waals surface area contributed by atoms with Gasteiger partial charge in [0.2, 0.25) is 0 Å². The van der Waals surface area contributed by atoms with Gasteiger partial charge < -0.3 is 10.6 Å². The summed E-state index contributed by atoms with van der Waals surface area (Å²) < 4.78 is 1.23. The van der Waals surface area contributed by atoms with E-state index in [1.807, 2.05) is 19.1 Å². The second-order valence-corrected chi connectivity index (χ2v) is 10.5. The summed E-state index contributed by atoms with van der Waals surface area (Å²) in [7, 11) is 0. The van der Waals surface area contributed by atoms with Crippen LogP contribution in [0.25, 0.3) is 0 Å². The zero-order valence-electron chi connectivity index (χ0n) is 18.0. The summed E-state index contributed by atoms with van der Waals surface area (Å²) in [6, 6.07) is 12.1. The lowest BCUT2D eigenvalue weighted by Crippen LogP contribution is -2.31. The molecule has 168 valence electrons. The van der Waals surface area contributed by atoms with Gasteiger partial charge in [-0.1, -0.05) is 63.7 Å². The van der Waals surface area contributed by atoms with Crippen LogP contribution in [0.1, 0.15) is 39.2 Å². The highest BCUT2D eigenvalue weighted by Gasteiger charge is 2.17. The average molecular weight is 581 g/mol. The van der Waals surface area contributed by atoms with Crippen molar-refractivity contribution < 1.29 is 4.79 Å². The Morgan fingerprint density at radius 1 is 1.25 bits per heavy atom. The molecule has 0 aliphatic carbocycles. The highest BCUT2D eigenvalue weighted by molar-refractivity contribution is 14.1. The molecule has 1 aliphatic rings.